The first-order chi connectivity index (χ1) is 11.8. The van der Waals surface area contributed by atoms with Crippen molar-refractivity contribution >= 4 is 33.2 Å². The fourth-order valence-electron chi connectivity index (χ4n) is 2.62. The highest BCUT2D eigenvalue weighted by molar-refractivity contribution is 7.92. The summed E-state index contributed by atoms with van der Waals surface area (Å²) in [5.41, 5.74) is 1.10. The van der Waals surface area contributed by atoms with E-state index in [1.54, 1.807) is 6.92 Å². The monoisotopic (exact) mass is 362 g/mol. The summed E-state index contributed by atoms with van der Waals surface area (Å²) >= 11 is 0. The third-order valence-corrected chi connectivity index (χ3v) is 5.25. The molecule has 6 nitrogen and oxygen atoms in total. The molecule has 130 valence electrons. The van der Waals surface area contributed by atoms with Crippen molar-refractivity contribution < 1.29 is 22.4 Å². The Morgan fingerprint density at radius 2 is 1.60 bits per heavy atom. The molecule has 3 rings (SSSR count). The van der Waals surface area contributed by atoms with Gasteiger partial charge in [-0.25, -0.2) is 12.8 Å². The number of nitrogens with zero attached hydrogens (tertiary/aromatic N) is 1. The zero-order valence-electron chi connectivity index (χ0n) is 13.3. The molecule has 1 saturated heterocycles. The zero-order chi connectivity index (χ0) is 18.2. The minimum atomic E-state index is -3.88. The van der Waals surface area contributed by atoms with Crippen LogP contribution in [0.15, 0.2) is 47.4 Å². The predicted molar refractivity (Wildman–Crippen MR) is 90.1 cm³/mol. The Bertz CT molecular complexity index is 939. The van der Waals surface area contributed by atoms with E-state index in [1.807, 2.05) is 0 Å². The number of hydrogen-bond donors (Lipinski definition) is 1. The van der Waals surface area contributed by atoms with Crippen LogP contribution < -0.4 is 9.62 Å². The molecular weight excluding hydrogens is 347 g/mol. The smallest absolute Gasteiger partial charge is 0.261 e. The van der Waals surface area contributed by atoms with Crippen molar-refractivity contribution in [1.82, 2.24) is 0 Å². The predicted octanol–water partition coefficient (Wildman–Crippen LogP) is 2.59. The lowest BCUT2D eigenvalue weighted by atomic mass is 10.2. The first kappa shape index (κ1) is 17.1. The first-order valence-electron chi connectivity index (χ1n) is 7.53. The van der Waals surface area contributed by atoms with Gasteiger partial charge in [0.25, 0.3) is 10.0 Å². The maximum atomic E-state index is 12.9. The second-order valence-electron chi connectivity index (χ2n) is 5.68. The second kappa shape index (κ2) is 6.29. The van der Waals surface area contributed by atoms with Crippen molar-refractivity contribution in [3.05, 3.63) is 53.8 Å². The summed E-state index contributed by atoms with van der Waals surface area (Å²) in [4.78, 5) is 24.7. The fraction of sp³-hybridized carbons (Fsp3) is 0.176. The molecule has 0 radical (unpaired) electrons. The number of carbonyl (C=O) groups excluding carboxylic acids is 2. The van der Waals surface area contributed by atoms with Crippen LogP contribution in [0.4, 0.5) is 15.8 Å². The highest BCUT2D eigenvalue weighted by Gasteiger charge is 2.31. The van der Waals surface area contributed by atoms with Crippen LogP contribution in [0, 0.1) is 12.7 Å². The molecule has 1 heterocycles. The molecule has 1 aliphatic heterocycles. The van der Waals surface area contributed by atoms with E-state index in [0.29, 0.717) is 11.3 Å². The first-order valence-corrected chi connectivity index (χ1v) is 9.01. The van der Waals surface area contributed by atoms with Crippen molar-refractivity contribution in [3.63, 3.8) is 0 Å². The molecule has 0 spiro atoms. The molecule has 0 saturated carbocycles. The largest absolute Gasteiger partial charge is 0.280 e. The molecule has 0 aliphatic carbocycles. The standard InChI is InChI=1S/C17H15FN2O4S/c1-11-10-14(6-7-15(11)20-16(21)8-9-17(20)22)25(23,24)19-13-4-2-12(18)3-5-13/h2-7,10,19H,8-9H2,1H3. The minimum Gasteiger partial charge on any atom is -0.280 e. The Balaban J connectivity index is 1.90. The molecule has 2 aromatic carbocycles. The van der Waals surface area contributed by atoms with Crippen LogP contribution in [0.3, 0.4) is 0 Å². The van der Waals surface area contributed by atoms with Crippen LogP contribution in [0.25, 0.3) is 0 Å². The van der Waals surface area contributed by atoms with Gasteiger partial charge in [-0.1, -0.05) is 0 Å². The van der Waals surface area contributed by atoms with E-state index in [1.165, 1.54) is 30.3 Å². The highest BCUT2D eigenvalue weighted by Crippen LogP contribution is 2.28. The zero-order valence-corrected chi connectivity index (χ0v) is 14.1. The summed E-state index contributed by atoms with van der Waals surface area (Å²) in [5.74, 6) is -1.07. The lowest BCUT2D eigenvalue weighted by Gasteiger charge is -2.17. The van der Waals surface area contributed by atoms with Crippen molar-refractivity contribution in [2.75, 3.05) is 9.62 Å². The number of carbonyl (C=O) groups is 2. The van der Waals surface area contributed by atoms with E-state index < -0.39 is 15.8 Å². The number of aryl methyl sites for hydroxylation is 1. The number of anilines is 2. The van der Waals surface area contributed by atoms with E-state index in [0.717, 1.165) is 17.0 Å². The summed E-state index contributed by atoms with van der Waals surface area (Å²) in [5, 5.41) is 0. The summed E-state index contributed by atoms with van der Waals surface area (Å²) in [6.07, 6.45) is 0.314. The molecule has 1 fully saturated rings. The van der Waals surface area contributed by atoms with Gasteiger partial charge in [0.05, 0.1) is 10.6 Å². The second-order valence-corrected chi connectivity index (χ2v) is 7.37. The molecule has 8 heteroatoms. The average Bonchev–Trinajstić information content (AvgIpc) is 2.88. The Hall–Kier alpha value is -2.74. The number of rotatable bonds is 4. The van der Waals surface area contributed by atoms with E-state index >= 15 is 0 Å². The van der Waals surface area contributed by atoms with Gasteiger partial charge in [-0.05, 0) is 55.0 Å². The van der Waals surface area contributed by atoms with Crippen LogP contribution in [-0.4, -0.2) is 20.2 Å². The third kappa shape index (κ3) is 3.39. The number of benzene rings is 2. The molecule has 25 heavy (non-hydrogen) atoms. The Morgan fingerprint density at radius 1 is 1.00 bits per heavy atom. The van der Waals surface area contributed by atoms with Gasteiger partial charge in [0.1, 0.15) is 5.82 Å². The molecule has 1 N–H and O–H groups in total. The van der Waals surface area contributed by atoms with E-state index in [9.17, 15) is 22.4 Å². The van der Waals surface area contributed by atoms with Crippen molar-refractivity contribution in [2.24, 2.45) is 0 Å². The van der Waals surface area contributed by atoms with Gasteiger partial charge < -0.3 is 0 Å². The lowest BCUT2D eigenvalue weighted by molar-refractivity contribution is -0.121. The normalized spacial score (nSPS) is 14.9. The molecule has 0 atom stereocenters. The van der Waals surface area contributed by atoms with Crippen LogP contribution in [0.1, 0.15) is 18.4 Å². The Kier molecular flexibility index (Phi) is 4.30. The van der Waals surface area contributed by atoms with E-state index in [2.05, 4.69) is 4.72 Å². The minimum absolute atomic E-state index is 0.0165. The summed E-state index contributed by atoms with van der Waals surface area (Å²) in [6, 6.07) is 9.09. The quantitative estimate of drug-likeness (QED) is 0.848. The molecule has 1 aliphatic rings. The van der Waals surface area contributed by atoms with E-state index in [-0.39, 0.29) is 35.2 Å². The molecule has 0 aromatic heterocycles. The van der Waals surface area contributed by atoms with Gasteiger partial charge >= 0.3 is 0 Å². The molecule has 2 aromatic rings. The van der Waals surface area contributed by atoms with Crippen molar-refractivity contribution in [2.45, 2.75) is 24.7 Å². The lowest BCUT2D eigenvalue weighted by Crippen LogP contribution is -2.29. The van der Waals surface area contributed by atoms with Crippen LogP contribution in [0.2, 0.25) is 0 Å². The number of amides is 2. The Labute approximate surface area is 144 Å². The molecular formula is C17H15FN2O4S. The number of hydrogen-bond acceptors (Lipinski definition) is 4. The topological polar surface area (TPSA) is 83.6 Å². The third-order valence-electron chi connectivity index (χ3n) is 3.87. The SMILES string of the molecule is Cc1cc(S(=O)(=O)Nc2ccc(F)cc2)ccc1N1C(=O)CCC1=O. The highest BCUT2D eigenvalue weighted by atomic mass is 32.2. The Morgan fingerprint density at radius 3 is 2.16 bits per heavy atom. The van der Waals surface area contributed by atoms with Gasteiger partial charge in [0, 0.05) is 18.5 Å². The molecule has 0 unspecified atom stereocenters. The van der Waals surface area contributed by atoms with Crippen LogP contribution in [0.5, 0.6) is 0 Å². The number of sulfonamides is 1. The van der Waals surface area contributed by atoms with Crippen LogP contribution in [-0.2, 0) is 19.6 Å². The van der Waals surface area contributed by atoms with Crippen molar-refractivity contribution in [3.8, 4) is 0 Å². The van der Waals surface area contributed by atoms with E-state index in [4.69, 9.17) is 0 Å². The van der Waals surface area contributed by atoms with Gasteiger partial charge in [0.15, 0.2) is 0 Å². The van der Waals surface area contributed by atoms with Gasteiger partial charge in [0.2, 0.25) is 11.8 Å². The summed E-state index contributed by atoms with van der Waals surface area (Å²) in [7, 11) is -3.88. The average molecular weight is 362 g/mol. The summed E-state index contributed by atoms with van der Waals surface area (Å²) in [6.45, 7) is 1.63. The van der Waals surface area contributed by atoms with Gasteiger partial charge in [-0.2, -0.15) is 0 Å². The fourth-order valence-corrected chi connectivity index (χ4v) is 3.77. The number of imide groups is 1. The molecule has 0 bridgehead atoms. The maximum Gasteiger partial charge on any atom is 0.261 e. The van der Waals surface area contributed by atoms with Gasteiger partial charge in [-0.15, -0.1) is 0 Å². The molecule has 2 amide bonds. The van der Waals surface area contributed by atoms with Crippen molar-refractivity contribution in [1.29, 1.82) is 0 Å². The van der Waals surface area contributed by atoms with Gasteiger partial charge in [-0.3, -0.25) is 19.2 Å². The maximum absolute atomic E-state index is 12.9. The number of halogens is 1. The summed E-state index contributed by atoms with van der Waals surface area (Å²) < 4.78 is 40.2. The van der Waals surface area contributed by atoms with Crippen LogP contribution >= 0.6 is 0 Å². The number of nitrogens with one attached hydrogen (secondary N) is 1.